The van der Waals surface area contributed by atoms with Gasteiger partial charge in [0.15, 0.2) is 0 Å². The zero-order valence-corrected chi connectivity index (χ0v) is 12.0. The molecule has 0 spiro atoms. The summed E-state index contributed by atoms with van der Waals surface area (Å²) in [7, 11) is 2.17. The van der Waals surface area contributed by atoms with Gasteiger partial charge in [0.1, 0.15) is 0 Å². The lowest BCUT2D eigenvalue weighted by Crippen LogP contribution is -2.33. The maximum absolute atomic E-state index is 5.90. The molecule has 3 heteroatoms. The third kappa shape index (κ3) is 3.53. The fourth-order valence-electron chi connectivity index (χ4n) is 2.48. The standard InChI is InChI=1S/C15H22N2S/c1-11-8-13(11)9-17(2)10-14(15(16)18)12-6-4-3-5-7-12/h3-7,11,13-14H,8-10H2,1-2H3,(H2,16,18). The molecule has 1 aromatic rings. The lowest BCUT2D eigenvalue weighted by molar-refractivity contribution is 0.312. The minimum atomic E-state index is 0.167. The molecule has 0 heterocycles. The highest BCUT2D eigenvalue weighted by Crippen LogP contribution is 2.38. The van der Waals surface area contributed by atoms with Crippen molar-refractivity contribution in [1.29, 1.82) is 0 Å². The maximum atomic E-state index is 5.90. The molecule has 0 bridgehead atoms. The predicted molar refractivity (Wildman–Crippen MR) is 80.7 cm³/mol. The van der Waals surface area contributed by atoms with E-state index in [1.54, 1.807) is 0 Å². The zero-order chi connectivity index (χ0) is 13.1. The molecule has 3 unspecified atom stereocenters. The summed E-state index contributed by atoms with van der Waals surface area (Å²) >= 11 is 5.22. The van der Waals surface area contributed by atoms with Crippen LogP contribution in [0.15, 0.2) is 30.3 Å². The fraction of sp³-hybridized carbons (Fsp3) is 0.533. The molecule has 1 aliphatic carbocycles. The third-order valence-corrected chi connectivity index (χ3v) is 4.15. The minimum Gasteiger partial charge on any atom is -0.393 e. The topological polar surface area (TPSA) is 29.3 Å². The summed E-state index contributed by atoms with van der Waals surface area (Å²) in [6.45, 7) is 4.40. The van der Waals surface area contributed by atoms with Gasteiger partial charge in [0.2, 0.25) is 0 Å². The van der Waals surface area contributed by atoms with E-state index in [1.165, 1.54) is 12.0 Å². The van der Waals surface area contributed by atoms with Crippen molar-refractivity contribution < 1.29 is 0 Å². The molecule has 98 valence electrons. The molecule has 2 N–H and O–H groups in total. The van der Waals surface area contributed by atoms with Crippen molar-refractivity contribution in [1.82, 2.24) is 4.90 Å². The Hall–Kier alpha value is -0.930. The van der Waals surface area contributed by atoms with Crippen molar-refractivity contribution in [2.75, 3.05) is 20.1 Å². The second-order valence-corrected chi connectivity index (χ2v) is 6.03. The highest BCUT2D eigenvalue weighted by atomic mass is 32.1. The molecule has 2 nitrogen and oxygen atoms in total. The summed E-state index contributed by atoms with van der Waals surface area (Å²) in [4.78, 5) is 2.96. The SMILES string of the molecule is CC1CC1CN(C)CC(C(N)=S)c1ccccc1. The summed E-state index contributed by atoms with van der Waals surface area (Å²) in [5.41, 5.74) is 7.12. The largest absolute Gasteiger partial charge is 0.393 e. The quantitative estimate of drug-likeness (QED) is 0.799. The van der Waals surface area contributed by atoms with Crippen LogP contribution in [0.2, 0.25) is 0 Å². The molecule has 0 aromatic heterocycles. The molecule has 1 aromatic carbocycles. The fourth-order valence-corrected chi connectivity index (χ4v) is 2.70. The van der Waals surface area contributed by atoms with E-state index < -0.39 is 0 Å². The first-order chi connectivity index (χ1) is 8.58. The van der Waals surface area contributed by atoms with E-state index in [1.807, 2.05) is 18.2 Å². The number of benzene rings is 1. The Morgan fingerprint density at radius 3 is 2.56 bits per heavy atom. The summed E-state index contributed by atoms with van der Waals surface area (Å²) in [6.07, 6.45) is 1.37. The van der Waals surface area contributed by atoms with Gasteiger partial charge in [-0.05, 0) is 30.9 Å². The Morgan fingerprint density at radius 1 is 1.44 bits per heavy atom. The maximum Gasteiger partial charge on any atom is 0.0816 e. The van der Waals surface area contributed by atoms with E-state index in [0.717, 1.165) is 24.9 Å². The third-order valence-electron chi connectivity index (χ3n) is 3.86. The highest BCUT2D eigenvalue weighted by Gasteiger charge is 2.33. The van der Waals surface area contributed by atoms with Crippen LogP contribution in [0, 0.1) is 11.8 Å². The highest BCUT2D eigenvalue weighted by molar-refractivity contribution is 7.80. The second-order valence-electron chi connectivity index (χ2n) is 5.56. The van der Waals surface area contributed by atoms with Crippen LogP contribution in [0.4, 0.5) is 0 Å². The van der Waals surface area contributed by atoms with Gasteiger partial charge < -0.3 is 10.6 Å². The number of nitrogens with two attached hydrogens (primary N) is 1. The van der Waals surface area contributed by atoms with E-state index in [4.69, 9.17) is 18.0 Å². The minimum absolute atomic E-state index is 0.167. The van der Waals surface area contributed by atoms with Crippen LogP contribution >= 0.6 is 12.2 Å². The number of nitrogens with zero attached hydrogens (tertiary/aromatic N) is 1. The smallest absolute Gasteiger partial charge is 0.0816 e. The van der Waals surface area contributed by atoms with Crippen molar-refractivity contribution in [3.63, 3.8) is 0 Å². The molecule has 0 amide bonds. The molecule has 0 aliphatic heterocycles. The van der Waals surface area contributed by atoms with Crippen LogP contribution in [0.1, 0.15) is 24.8 Å². The molecule has 0 radical (unpaired) electrons. The van der Waals surface area contributed by atoms with Crippen LogP contribution in [-0.4, -0.2) is 30.0 Å². The van der Waals surface area contributed by atoms with Crippen LogP contribution in [0.3, 0.4) is 0 Å². The first-order valence-corrected chi connectivity index (χ1v) is 7.01. The van der Waals surface area contributed by atoms with Crippen LogP contribution in [0.5, 0.6) is 0 Å². The van der Waals surface area contributed by atoms with Crippen molar-refractivity contribution >= 4 is 17.2 Å². The van der Waals surface area contributed by atoms with Gasteiger partial charge in [-0.2, -0.15) is 0 Å². The Labute approximate surface area is 115 Å². The lowest BCUT2D eigenvalue weighted by atomic mass is 9.98. The van der Waals surface area contributed by atoms with Crippen molar-refractivity contribution in [2.45, 2.75) is 19.3 Å². The van der Waals surface area contributed by atoms with Crippen molar-refractivity contribution in [3.8, 4) is 0 Å². The summed E-state index contributed by atoms with van der Waals surface area (Å²) in [5, 5.41) is 0. The van der Waals surface area contributed by atoms with Crippen molar-refractivity contribution in [3.05, 3.63) is 35.9 Å². The van der Waals surface area contributed by atoms with Gasteiger partial charge in [-0.15, -0.1) is 0 Å². The van der Waals surface area contributed by atoms with Gasteiger partial charge in [0.05, 0.1) is 4.99 Å². The van der Waals surface area contributed by atoms with E-state index in [0.29, 0.717) is 4.99 Å². The van der Waals surface area contributed by atoms with Gasteiger partial charge in [0.25, 0.3) is 0 Å². The normalized spacial score (nSPS) is 23.9. The monoisotopic (exact) mass is 262 g/mol. The van der Waals surface area contributed by atoms with E-state index in [-0.39, 0.29) is 5.92 Å². The Bertz CT molecular complexity index is 404. The zero-order valence-electron chi connectivity index (χ0n) is 11.2. The molecule has 0 saturated heterocycles. The molecule has 3 atom stereocenters. The van der Waals surface area contributed by atoms with Gasteiger partial charge in [-0.3, -0.25) is 0 Å². The first kappa shape index (κ1) is 13.5. The molecule has 1 aliphatic rings. The molecule has 18 heavy (non-hydrogen) atoms. The Kier molecular flexibility index (Phi) is 4.36. The average molecular weight is 262 g/mol. The first-order valence-electron chi connectivity index (χ1n) is 6.60. The van der Waals surface area contributed by atoms with Crippen LogP contribution in [-0.2, 0) is 0 Å². The summed E-state index contributed by atoms with van der Waals surface area (Å²) in [6, 6.07) is 10.3. The van der Waals surface area contributed by atoms with E-state index in [2.05, 4.69) is 31.0 Å². The van der Waals surface area contributed by atoms with E-state index >= 15 is 0 Å². The Balaban J connectivity index is 1.96. The summed E-state index contributed by atoms with van der Waals surface area (Å²) in [5.74, 6) is 1.94. The van der Waals surface area contributed by atoms with E-state index in [9.17, 15) is 0 Å². The molecular weight excluding hydrogens is 240 g/mol. The number of hydrogen-bond donors (Lipinski definition) is 1. The van der Waals surface area contributed by atoms with Gasteiger partial charge >= 0.3 is 0 Å². The number of thiocarbonyl (C=S) groups is 1. The Morgan fingerprint density at radius 2 is 2.06 bits per heavy atom. The van der Waals surface area contributed by atoms with Gasteiger partial charge in [-0.25, -0.2) is 0 Å². The molecule has 1 saturated carbocycles. The van der Waals surface area contributed by atoms with Gasteiger partial charge in [-0.1, -0.05) is 49.5 Å². The van der Waals surface area contributed by atoms with Gasteiger partial charge in [0, 0.05) is 19.0 Å². The number of likely N-dealkylation sites (N-methyl/N-ethyl adjacent to an activating group) is 1. The van der Waals surface area contributed by atoms with Crippen LogP contribution in [0.25, 0.3) is 0 Å². The summed E-state index contributed by atoms with van der Waals surface area (Å²) < 4.78 is 0. The molecule has 2 rings (SSSR count). The van der Waals surface area contributed by atoms with Crippen molar-refractivity contribution in [2.24, 2.45) is 17.6 Å². The molecule has 1 fully saturated rings. The predicted octanol–water partition coefficient (Wildman–Crippen LogP) is 2.64. The van der Waals surface area contributed by atoms with Crippen LogP contribution < -0.4 is 5.73 Å². The molecular formula is C15H22N2S. The lowest BCUT2D eigenvalue weighted by Gasteiger charge is -2.23. The second kappa shape index (κ2) is 5.81. The number of rotatable bonds is 6. The number of hydrogen-bond acceptors (Lipinski definition) is 2. The average Bonchev–Trinajstić information content (AvgIpc) is 3.02.